The number of aromatic nitrogens is 4. The molecule has 0 bridgehead atoms. The van der Waals surface area contributed by atoms with Gasteiger partial charge in [0.1, 0.15) is 0 Å². The molecule has 0 aromatic carbocycles. The molecular formula is C15H25N5. The average Bonchev–Trinajstić information content (AvgIpc) is 3.06. The van der Waals surface area contributed by atoms with Crippen LogP contribution >= 0.6 is 0 Å². The molecule has 0 saturated carbocycles. The van der Waals surface area contributed by atoms with Gasteiger partial charge >= 0.3 is 0 Å². The molecule has 1 N–H and O–H groups in total. The Hall–Kier alpha value is -1.62. The topological polar surface area (TPSA) is 47.7 Å². The minimum Gasteiger partial charge on any atom is -0.311 e. The molecule has 0 atom stereocenters. The van der Waals surface area contributed by atoms with E-state index in [-0.39, 0.29) is 0 Å². The minimum atomic E-state index is 0.786. The first kappa shape index (κ1) is 14.8. The van der Waals surface area contributed by atoms with Crippen LogP contribution in [0.25, 0.3) is 0 Å². The molecule has 5 nitrogen and oxygen atoms in total. The van der Waals surface area contributed by atoms with Crippen molar-refractivity contribution in [3.63, 3.8) is 0 Å². The van der Waals surface area contributed by atoms with E-state index >= 15 is 0 Å². The Labute approximate surface area is 121 Å². The molecule has 0 aliphatic carbocycles. The molecule has 20 heavy (non-hydrogen) atoms. The smallest absolute Gasteiger partial charge is 0.0828 e. The fourth-order valence-corrected chi connectivity index (χ4v) is 2.23. The van der Waals surface area contributed by atoms with Gasteiger partial charge < -0.3 is 5.32 Å². The first-order valence-electron chi connectivity index (χ1n) is 7.55. The summed E-state index contributed by atoms with van der Waals surface area (Å²) >= 11 is 0. The number of aryl methyl sites for hydroxylation is 2. The Kier molecular flexibility index (Phi) is 5.35. The zero-order chi connectivity index (χ0) is 14.4. The van der Waals surface area contributed by atoms with Crippen LogP contribution in [0.1, 0.15) is 44.3 Å². The number of nitrogens with one attached hydrogen (secondary N) is 1. The third kappa shape index (κ3) is 3.70. The van der Waals surface area contributed by atoms with Gasteiger partial charge in [-0.25, -0.2) is 0 Å². The van der Waals surface area contributed by atoms with E-state index in [1.165, 1.54) is 5.69 Å². The van der Waals surface area contributed by atoms with Crippen LogP contribution in [0.4, 0.5) is 0 Å². The summed E-state index contributed by atoms with van der Waals surface area (Å²) in [5, 5.41) is 12.5. The highest BCUT2D eigenvalue weighted by molar-refractivity contribution is 5.11. The molecule has 0 spiro atoms. The molecule has 0 aliphatic rings. The number of rotatable bonds is 8. The van der Waals surface area contributed by atoms with Crippen molar-refractivity contribution in [3.8, 4) is 0 Å². The normalized spacial score (nSPS) is 11.2. The summed E-state index contributed by atoms with van der Waals surface area (Å²) in [4.78, 5) is 0. The molecule has 0 amide bonds. The van der Waals surface area contributed by atoms with Crippen molar-refractivity contribution >= 4 is 0 Å². The second kappa shape index (κ2) is 7.24. The Balaban J connectivity index is 2.00. The van der Waals surface area contributed by atoms with Gasteiger partial charge in [-0.05, 0) is 38.4 Å². The Bertz CT molecular complexity index is 526. The molecule has 5 heteroatoms. The van der Waals surface area contributed by atoms with Crippen molar-refractivity contribution in [2.75, 3.05) is 6.54 Å². The van der Waals surface area contributed by atoms with E-state index in [2.05, 4.69) is 53.1 Å². The summed E-state index contributed by atoms with van der Waals surface area (Å²) in [6.07, 6.45) is 4.17. The first-order chi connectivity index (χ1) is 9.76. The predicted molar refractivity (Wildman–Crippen MR) is 80.6 cm³/mol. The van der Waals surface area contributed by atoms with Crippen LogP contribution in [-0.4, -0.2) is 26.1 Å². The maximum absolute atomic E-state index is 4.60. The maximum atomic E-state index is 4.60. The summed E-state index contributed by atoms with van der Waals surface area (Å²) in [7, 11) is 0. The number of hydrogen-bond acceptors (Lipinski definition) is 3. The highest BCUT2D eigenvalue weighted by Gasteiger charge is 2.07. The molecular weight excluding hydrogens is 250 g/mol. The van der Waals surface area contributed by atoms with Gasteiger partial charge in [-0.15, -0.1) is 0 Å². The molecule has 0 aliphatic heterocycles. The first-order valence-corrected chi connectivity index (χ1v) is 7.55. The highest BCUT2D eigenvalue weighted by Crippen LogP contribution is 2.08. The molecule has 0 saturated heterocycles. The lowest BCUT2D eigenvalue weighted by molar-refractivity contribution is 0.566. The van der Waals surface area contributed by atoms with Crippen molar-refractivity contribution in [1.82, 2.24) is 24.9 Å². The highest BCUT2D eigenvalue weighted by atomic mass is 15.3. The van der Waals surface area contributed by atoms with Crippen molar-refractivity contribution < 1.29 is 0 Å². The maximum Gasteiger partial charge on any atom is 0.0828 e. The van der Waals surface area contributed by atoms with Gasteiger partial charge in [0.05, 0.1) is 23.6 Å². The monoisotopic (exact) mass is 275 g/mol. The van der Waals surface area contributed by atoms with Gasteiger partial charge in [0, 0.05) is 19.3 Å². The molecule has 0 fully saturated rings. The molecule has 110 valence electrons. The summed E-state index contributed by atoms with van der Waals surface area (Å²) in [6, 6.07) is 4.26. The lowest BCUT2D eigenvalue weighted by Crippen LogP contribution is -2.15. The zero-order valence-corrected chi connectivity index (χ0v) is 12.8. The van der Waals surface area contributed by atoms with Crippen molar-refractivity contribution in [3.05, 3.63) is 35.4 Å². The fourth-order valence-electron chi connectivity index (χ4n) is 2.23. The predicted octanol–water partition coefficient (Wildman–Crippen LogP) is 2.21. The molecule has 0 unspecified atom stereocenters. The van der Waals surface area contributed by atoms with Crippen molar-refractivity contribution in [2.24, 2.45) is 0 Å². The van der Waals surface area contributed by atoms with Gasteiger partial charge in [0.15, 0.2) is 0 Å². The lowest BCUT2D eigenvalue weighted by Gasteiger charge is -2.04. The number of hydrogen-bond donors (Lipinski definition) is 1. The van der Waals surface area contributed by atoms with E-state index < -0.39 is 0 Å². The van der Waals surface area contributed by atoms with Crippen LogP contribution in [0.3, 0.4) is 0 Å². The van der Waals surface area contributed by atoms with Crippen LogP contribution in [-0.2, 0) is 26.1 Å². The Morgan fingerprint density at radius 1 is 1.15 bits per heavy atom. The summed E-state index contributed by atoms with van der Waals surface area (Å²) in [5.74, 6) is 0. The lowest BCUT2D eigenvalue weighted by atomic mass is 10.3. The van der Waals surface area contributed by atoms with E-state index in [0.29, 0.717) is 0 Å². The van der Waals surface area contributed by atoms with Gasteiger partial charge in [-0.1, -0.05) is 13.8 Å². The van der Waals surface area contributed by atoms with Crippen LogP contribution in [0.15, 0.2) is 18.3 Å². The fraction of sp³-hybridized carbons (Fsp3) is 0.600. The van der Waals surface area contributed by atoms with Gasteiger partial charge in [-0.2, -0.15) is 10.2 Å². The number of nitrogens with zero attached hydrogens (tertiary/aromatic N) is 4. The largest absolute Gasteiger partial charge is 0.311 e. The summed E-state index contributed by atoms with van der Waals surface area (Å²) in [6.45, 7) is 10.00. The van der Waals surface area contributed by atoms with E-state index in [1.807, 2.05) is 10.9 Å². The standard InChI is InChI=1S/C15H25N5/c1-4-8-16-11-14-7-9-19(17-14)12-15-10-13(5-2)18-20(15)6-3/h7,9-10,16H,4-6,8,11-12H2,1-3H3. The molecule has 2 aromatic rings. The third-order valence-electron chi connectivity index (χ3n) is 3.33. The zero-order valence-electron chi connectivity index (χ0n) is 12.8. The SMILES string of the molecule is CCCNCc1ccn(Cc2cc(CC)nn2CC)n1. The van der Waals surface area contributed by atoms with Gasteiger partial charge in [0.2, 0.25) is 0 Å². The van der Waals surface area contributed by atoms with E-state index in [0.717, 1.165) is 50.4 Å². The van der Waals surface area contributed by atoms with Crippen LogP contribution in [0, 0.1) is 0 Å². The van der Waals surface area contributed by atoms with Crippen molar-refractivity contribution in [2.45, 2.75) is 53.2 Å². The second-order valence-electron chi connectivity index (χ2n) is 4.98. The molecule has 2 rings (SSSR count). The second-order valence-corrected chi connectivity index (χ2v) is 4.98. The Morgan fingerprint density at radius 2 is 2.00 bits per heavy atom. The summed E-state index contributed by atoms with van der Waals surface area (Å²) < 4.78 is 4.06. The van der Waals surface area contributed by atoms with Gasteiger partial charge in [0.25, 0.3) is 0 Å². The van der Waals surface area contributed by atoms with Crippen LogP contribution in [0.2, 0.25) is 0 Å². The third-order valence-corrected chi connectivity index (χ3v) is 3.33. The minimum absolute atomic E-state index is 0.786. The Morgan fingerprint density at radius 3 is 2.70 bits per heavy atom. The van der Waals surface area contributed by atoms with Crippen LogP contribution < -0.4 is 5.32 Å². The summed E-state index contributed by atoms with van der Waals surface area (Å²) in [5.41, 5.74) is 3.47. The molecule has 2 aromatic heterocycles. The van der Waals surface area contributed by atoms with E-state index in [9.17, 15) is 0 Å². The average molecular weight is 275 g/mol. The van der Waals surface area contributed by atoms with Crippen LogP contribution in [0.5, 0.6) is 0 Å². The van der Waals surface area contributed by atoms with E-state index in [1.54, 1.807) is 0 Å². The molecule has 2 heterocycles. The van der Waals surface area contributed by atoms with E-state index in [4.69, 9.17) is 0 Å². The van der Waals surface area contributed by atoms with Gasteiger partial charge in [-0.3, -0.25) is 9.36 Å². The molecule has 0 radical (unpaired) electrons. The van der Waals surface area contributed by atoms with Crippen molar-refractivity contribution in [1.29, 1.82) is 0 Å². The quantitative estimate of drug-likeness (QED) is 0.751.